The lowest BCUT2D eigenvalue weighted by Gasteiger charge is -2.16. The molecule has 0 aromatic carbocycles. The molecule has 0 aliphatic carbocycles. The molecule has 0 amide bonds. The molecule has 0 aliphatic rings. The summed E-state index contributed by atoms with van der Waals surface area (Å²) in [7, 11) is 1.83. The maximum absolute atomic E-state index is 4.52. The Hall–Kier alpha value is -1.52. The third kappa shape index (κ3) is 6.96. The SMILES string of the molecule is CCCCCCNC(=NC)NCC(C)Cn1nc(C)cc1C. The van der Waals surface area contributed by atoms with Crippen molar-refractivity contribution in [1.82, 2.24) is 20.4 Å². The first-order valence-corrected chi connectivity index (χ1v) is 8.52. The monoisotopic (exact) mass is 307 g/mol. The first-order valence-electron chi connectivity index (χ1n) is 8.52. The van der Waals surface area contributed by atoms with Crippen LogP contribution in [0.15, 0.2) is 11.1 Å². The molecular weight excluding hydrogens is 274 g/mol. The molecule has 1 unspecified atom stereocenters. The molecule has 2 N–H and O–H groups in total. The summed E-state index contributed by atoms with van der Waals surface area (Å²) in [6, 6.07) is 2.12. The first-order chi connectivity index (χ1) is 10.6. The Morgan fingerprint density at radius 3 is 2.64 bits per heavy atom. The summed E-state index contributed by atoms with van der Waals surface area (Å²) in [4.78, 5) is 4.28. The van der Waals surface area contributed by atoms with Crippen molar-refractivity contribution in [3.05, 3.63) is 17.5 Å². The van der Waals surface area contributed by atoms with Gasteiger partial charge in [-0.25, -0.2) is 0 Å². The molecule has 1 heterocycles. The van der Waals surface area contributed by atoms with Gasteiger partial charge in [0.15, 0.2) is 5.96 Å². The van der Waals surface area contributed by atoms with Gasteiger partial charge in [0.05, 0.1) is 5.69 Å². The molecule has 0 radical (unpaired) electrons. The lowest BCUT2D eigenvalue weighted by molar-refractivity contribution is 0.435. The number of hydrogen-bond donors (Lipinski definition) is 2. The van der Waals surface area contributed by atoms with E-state index in [1.165, 1.54) is 31.4 Å². The molecule has 0 fully saturated rings. The molecule has 22 heavy (non-hydrogen) atoms. The predicted molar refractivity (Wildman–Crippen MR) is 94.4 cm³/mol. The van der Waals surface area contributed by atoms with Crippen LogP contribution in [0.3, 0.4) is 0 Å². The number of nitrogens with one attached hydrogen (secondary N) is 2. The van der Waals surface area contributed by atoms with Crippen molar-refractivity contribution >= 4 is 5.96 Å². The minimum Gasteiger partial charge on any atom is -0.356 e. The van der Waals surface area contributed by atoms with Gasteiger partial charge in [-0.3, -0.25) is 9.67 Å². The van der Waals surface area contributed by atoms with Crippen molar-refractivity contribution in [3.8, 4) is 0 Å². The summed E-state index contributed by atoms with van der Waals surface area (Å²) in [5.41, 5.74) is 2.31. The van der Waals surface area contributed by atoms with Crippen LogP contribution >= 0.6 is 0 Å². The average Bonchev–Trinajstić information content (AvgIpc) is 2.79. The van der Waals surface area contributed by atoms with Crippen LogP contribution in [0.2, 0.25) is 0 Å². The van der Waals surface area contributed by atoms with Crippen molar-refractivity contribution in [2.24, 2.45) is 10.9 Å². The van der Waals surface area contributed by atoms with Gasteiger partial charge in [-0.15, -0.1) is 0 Å². The van der Waals surface area contributed by atoms with Crippen LogP contribution in [0.4, 0.5) is 0 Å². The molecule has 1 atom stereocenters. The molecule has 5 nitrogen and oxygen atoms in total. The Labute approximate surface area is 135 Å². The lowest BCUT2D eigenvalue weighted by atomic mass is 10.2. The van der Waals surface area contributed by atoms with Crippen LogP contribution in [-0.2, 0) is 6.54 Å². The standard InChI is InChI=1S/C17H33N5/c1-6-7-8-9-10-19-17(18-5)20-12-14(2)13-22-16(4)11-15(3)21-22/h11,14H,6-10,12-13H2,1-5H3,(H2,18,19,20). The van der Waals surface area contributed by atoms with E-state index in [0.29, 0.717) is 5.92 Å². The van der Waals surface area contributed by atoms with E-state index < -0.39 is 0 Å². The van der Waals surface area contributed by atoms with Crippen LogP contribution in [0.25, 0.3) is 0 Å². The fourth-order valence-corrected chi connectivity index (χ4v) is 2.47. The zero-order valence-corrected chi connectivity index (χ0v) is 14.9. The van der Waals surface area contributed by atoms with E-state index in [1.54, 1.807) is 0 Å². The van der Waals surface area contributed by atoms with E-state index in [-0.39, 0.29) is 0 Å². The summed E-state index contributed by atoms with van der Waals surface area (Å²) in [5, 5.41) is 11.3. The zero-order chi connectivity index (χ0) is 16.4. The average molecular weight is 307 g/mol. The van der Waals surface area contributed by atoms with Gasteiger partial charge in [0.25, 0.3) is 0 Å². The molecule has 1 rings (SSSR count). The van der Waals surface area contributed by atoms with E-state index >= 15 is 0 Å². The molecule has 126 valence electrons. The van der Waals surface area contributed by atoms with Gasteiger partial charge in [0.2, 0.25) is 0 Å². The Bertz CT molecular complexity index is 450. The summed E-state index contributed by atoms with van der Waals surface area (Å²) < 4.78 is 2.09. The number of aromatic nitrogens is 2. The van der Waals surface area contributed by atoms with E-state index in [9.17, 15) is 0 Å². The topological polar surface area (TPSA) is 54.2 Å². The van der Waals surface area contributed by atoms with Crippen LogP contribution in [0.1, 0.15) is 50.9 Å². The fourth-order valence-electron chi connectivity index (χ4n) is 2.47. The van der Waals surface area contributed by atoms with Gasteiger partial charge < -0.3 is 10.6 Å². The molecule has 5 heteroatoms. The summed E-state index contributed by atoms with van der Waals surface area (Å²) in [5.74, 6) is 1.40. The third-order valence-corrected chi connectivity index (χ3v) is 3.75. The number of guanidine groups is 1. The van der Waals surface area contributed by atoms with Crippen LogP contribution < -0.4 is 10.6 Å². The Balaban J connectivity index is 2.26. The second kappa shape index (κ2) is 10.2. The maximum atomic E-state index is 4.52. The van der Waals surface area contributed by atoms with Crippen molar-refractivity contribution in [3.63, 3.8) is 0 Å². The fraction of sp³-hybridized carbons (Fsp3) is 0.765. The van der Waals surface area contributed by atoms with E-state index in [2.05, 4.69) is 52.2 Å². The number of unbranched alkanes of at least 4 members (excludes halogenated alkanes) is 3. The molecule has 0 aliphatic heterocycles. The summed E-state index contributed by atoms with van der Waals surface area (Å²) >= 11 is 0. The molecule has 0 saturated carbocycles. The Morgan fingerprint density at radius 2 is 2.05 bits per heavy atom. The first kappa shape index (κ1) is 18.5. The van der Waals surface area contributed by atoms with E-state index in [4.69, 9.17) is 0 Å². The van der Waals surface area contributed by atoms with Gasteiger partial charge in [-0.1, -0.05) is 33.1 Å². The van der Waals surface area contributed by atoms with E-state index in [1.807, 2.05) is 14.0 Å². The molecule has 0 spiro atoms. The van der Waals surface area contributed by atoms with Gasteiger partial charge in [0, 0.05) is 32.4 Å². The Morgan fingerprint density at radius 1 is 1.27 bits per heavy atom. The number of rotatable bonds is 9. The highest BCUT2D eigenvalue weighted by atomic mass is 15.3. The van der Waals surface area contributed by atoms with Gasteiger partial charge >= 0.3 is 0 Å². The number of hydrogen-bond acceptors (Lipinski definition) is 2. The molecule has 0 saturated heterocycles. The Kier molecular flexibility index (Phi) is 8.63. The highest BCUT2D eigenvalue weighted by Gasteiger charge is 2.08. The van der Waals surface area contributed by atoms with Crippen LogP contribution in [0.5, 0.6) is 0 Å². The minimum absolute atomic E-state index is 0.497. The third-order valence-electron chi connectivity index (χ3n) is 3.75. The summed E-state index contributed by atoms with van der Waals surface area (Å²) in [6.07, 6.45) is 5.08. The zero-order valence-electron chi connectivity index (χ0n) is 14.9. The van der Waals surface area contributed by atoms with Crippen LogP contribution in [-0.4, -0.2) is 35.9 Å². The molecule has 0 bridgehead atoms. The molecule has 1 aromatic rings. The second-order valence-electron chi connectivity index (χ2n) is 6.15. The van der Waals surface area contributed by atoms with Gasteiger partial charge in [0.1, 0.15) is 0 Å². The predicted octanol–water partition coefficient (Wildman–Crippen LogP) is 2.88. The lowest BCUT2D eigenvalue weighted by Crippen LogP contribution is -2.40. The van der Waals surface area contributed by atoms with Crippen molar-refractivity contribution in [1.29, 1.82) is 0 Å². The maximum Gasteiger partial charge on any atom is 0.190 e. The second-order valence-corrected chi connectivity index (χ2v) is 6.15. The summed E-state index contributed by atoms with van der Waals surface area (Å²) in [6.45, 7) is 11.4. The van der Waals surface area contributed by atoms with Crippen LogP contribution in [0, 0.1) is 19.8 Å². The highest BCUT2D eigenvalue weighted by molar-refractivity contribution is 5.79. The van der Waals surface area contributed by atoms with E-state index in [0.717, 1.165) is 31.3 Å². The van der Waals surface area contributed by atoms with Gasteiger partial charge in [-0.05, 0) is 32.3 Å². The largest absolute Gasteiger partial charge is 0.356 e. The van der Waals surface area contributed by atoms with Crippen molar-refractivity contribution in [2.75, 3.05) is 20.1 Å². The molecular formula is C17H33N5. The smallest absolute Gasteiger partial charge is 0.190 e. The van der Waals surface area contributed by atoms with Crippen molar-refractivity contribution in [2.45, 2.75) is 59.9 Å². The normalized spacial score (nSPS) is 13.2. The number of aliphatic imine (C=N–C) groups is 1. The highest BCUT2D eigenvalue weighted by Crippen LogP contribution is 2.05. The number of nitrogens with zero attached hydrogens (tertiary/aromatic N) is 3. The molecule has 1 aromatic heterocycles. The minimum atomic E-state index is 0.497. The van der Waals surface area contributed by atoms with Gasteiger partial charge in [-0.2, -0.15) is 5.10 Å². The quantitative estimate of drug-likeness (QED) is 0.419. The number of aryl methyl sites for hydroxylation is 2. The van der Waals surface area contributed by atoms with Crippen molar-refractivity contribution < 1.29 is 0 Å².